The molecule has 0 fully saturated rings. The number of rotatable bonds is 4. The van der Waals surface area contributed by atoms with Gasteiger partial charge in [0.05, 0.1) is 16.3 Å². The summed E-state index contributed by atoms with van der Waals surface area (Å²) in [6.07, 6.45) is 3.07. The fourth-order valence-corrected chi connectivity index (χ4v) is 2.70. The van der Waals surface area contributed by atoms with Crippen LogP contribution in [0.2, 0.25) is 0 Å². The Balaban J connectivity index is 2.01. The van der Waals surface area contributed by atoms with Gasteiger partial charge in [-0.05, 0) is 29.7 Å². The van der Waals surface area contributed by atoms with E-state index in [4.69, 9.17) is 0 Å². The highest BCUT2D eigenvalue weighted by Crippen LogP contribution is 2.36. The van der Waals surface area contributed by atoms with Gasteiger partial charge in [0.15, 0.2) is 5.82 Å². The van der Waals surface area contributed by atoms with Gasteiger partial charge in [0.2, 0.25) is 0 Å². The van der Waals surface area contributed by atoms with Gasteiger partial charge < -0.3 is 5.11 Å². The van der Waals surface area contributed by atoms with E-state index in [1.54, 1.807) is 18.3 Å². The molecule has 3 aromatic rings. The Morgan fingerprint density at radius 2 is 1.86 bits per heavy atom. The molecule has 2 heterocycles. The van der Waals surface area contributed by atoms with E-state index in [2.05, 4.69) is 15.0 Å². The van der Waals surface area contributed by atoms with Crippen molar-refractivity contribution in [1.29, 1.82) is 0 Å². The number of nitro benzene ring substituents is 1. The summed E-state index contributed by atoms with van der Waals surface area (Å²) in [6.45, 7) is 5.64. The lowest BCUT2D eigenvalue weighted by molar-refractivity contribution is -0.385. The number of pyridine rings is 2. The number of phenolic OH excluding ortho intramolecular Hbond substituents is 1. The fraction of sp³-hybridized carbons (Fsp3) is 0.190. The van der Waals surface area contributed by atoms with Crippen LogP contribution in [0.3, 0.4) is 0 Å². The molecule has 3 rings (SSSR count). The molecule has 7 heteroatoms. The van der Waals surface area contributed by atoms with E-state index >= 15 is 0 Å². The molecule has 0 aliphatic heterocycles. The van der Waals surface area contributed by atoms with Gasteiger partial charge >= 0.3 is 0 Å². The minimum atomic E-state index is -0.480. The smallest absolute Gasteiger partial charge is 0.270 e. The number of phenols is 1. The highest BCUT2D eigenvalue weighted by atomic mass is 16.6. The first-order valence-corrected chi connectivity index (χ1v) is 8.70. The summed E-state index contributed by atoms with van der Waals surface area (Å²) >= 11 is 0. The van der Waals surface area contributed by atoms with Gasteiger partial charge in [0.1, 0.15) is 5.75 Å². The number of hydrogen-bond donors (Lipinski definition) is 1. The van der Waals surface area contributed by atoms with Crippen LogP contribution in [0.25, 0.3) is 11.4 Å². The summed E-state index contributed by atoms with van der Waals surface area (Å²) in [5.41, 5.74) is 1.57. The Bertz CT molecular complexity index is 1040. The molecule has 28 heavy (non-hydrogen) atoms. The summed E-state index contributed by atoms with van der Waals surface area (Å²) < 4.78 is 0. The Labute approximate surface area is 162 Å². The van der Waals surface area contributed by atoms with Crippen LogP contribution in [0.5, 0.6) is 5.75 Å². The van der Waals surface area contributed by atoms with E-state index in [9.17, 15) is 15.2 Å². The molecule has 0 aliphatic carbocycles. The van der Waals surface area contributed by atoms with Crippen molar-refractivity contribution in [2.75, 3.05) is 0 Å². The second-order valence-corrected chi connectivity index (χ2v) is 7.29. The lowest BCUT2D eigenvalue weighted by Gasteiger charge is -2.21. The zero-order valence-corrected chi connectivity index (χ0v) is 15.8. The highest BCUT2D eigenvalue weighted by molar-refractivity contribution is 5.87. The van der Waals surface area contributed by atoms with Crippen LogP contribution in [-0.4, -0.2) is 26.2 Å². The highest BCUT2D eigenvalue weighted by Gasteiger charge is 2.24. The van der Waals surface area contributed by atoms with Crippen LogP contribution < -0.4 is 0 Å². The minimum Gasteiger partial charge on any atom is -0.507 e. The Hall–Kier alpha value is -3.61. The third kappa shape index (κ3) is 4.20. The minimum absolute atomic E-state index is 0.0252. The summed E-state index contributed by atoms with van der Waals surface area (Å²) in [7, 11) is 0. The number of benzene rings is 1. The Morgan fingerprint density at radius 1 is 1.11 bits per heavy atom. The molecule has 0 unspecified atom stereocenters. The average molecular weight is 376 g/mol. The van der Waals surface area contributed by atoms with Gasteiger partial charge in [0.25, 0.3) is 5.69 Å². The monoisotopic (exact) mass is 376 g/mol. The first kappa shape index (κ1) is 19.2. The normalized spacial score (nSPS) is 11.7. The molecule has 0 spiro atoms. The van der Waals surface area contributed by atoms with E-state index in [1.165, 1.54) is 18.3 Å². The third-order valence-corrected chi connectivity index (χ3v) is 4.14. The van der Waals surface area contributed by atoms with Gasteiger partial charge in [-0.1, -0.05) is 32.9 Å². The van der Waals surface area contributed by atoms with Crippen molar-refractivity contribution in [1.82, 2.24) is 9.97 Å². The maximum atomic E-state index is 11.3. The second kappa shape index (κ2) is 7.56. The molecule has 0 amide bonds. The van der Waals surface area contributed by atoms with Crippen molar-refractivity contribution >= 4 is 17.7 Å². The molecule has 0 radical (unpaired) electrons. The second-order valence-electron chi connectivity index (χ2n) is 7.29. The molecule has 0 aliphatic rings. The van der Waals surface area contributed by atoms with Crippen LogP contribution in [0.1, 0.15) is 31.9 Å². The molecule has 7 nitrogen and oxygen atoms in total. The largest absolute Gasteiger partial charge is 0.507 e. The van der Waals surface area contributed by atoms with Crippen molar-refractivity contribution in [3.8, 4) is 17.1 Å². The van der Waals surface area contributed by atoms with E-state index in [0.29, 0.717) is 22.8 Å². The Kier molecular flexibility index (Phi) is 5.17. The lowest BCUT2D eigenvalue weighted by Crippen LogP contribution is -2.12. The van der Waals surface area contributed by atoms with Gasteiger partial charge in [0, 0.05) is 35.7 Å². The molecule has 0 atom stereocenters. The van der Waals surface area contributed by atoms with Crippen LogP contribution in [0, 0.1) is 10.1 Å². The molecule has 0 bridgehead atoms. The van der Waals surface area contributed by atoms with Gasteiger partial charge in [-0.15, -0.1) is 0 Å². The number of non-ortho nitro benzene ring substituents is 1. The van der Waals surface area contributed by atoms with Gasteiger partial charge in [-0.2, -0.15) is 0 Å². The van der Waals surface area contributed by atoms with Gasteiger partial charge in [-0.3, -0.25) is 15.1 Å². The molecular formula is C21H20N4O3. The summed E-state index contributed by atoms with van der Waals surface area (Å²) in [5, 5.41) is 21.9. The first-order valence-electron chi connectivity index (χ1n) is 8.70. The maximum absolute atomic E-state index is 11.3. The number of aromatic hydroxyl groups is 1. The number of nitrogens with zero attached hydrogens (tertiary/aromatic N) is 4. The molecule has 0 saturated carbocycles. The molecule has 2 aromatic heterocycles. The summed E-state index contributed by atoms with van der Waals surface area (Å²) in [6, 6.07) is 13.6. The zero-order valence-electron chi connectivity index (χ0n) is 15.8. The number of nitro groups is 1. The van der Waals surface area contributed by atoms with Crippen molar-refractivity contribution in [2.45, 2.75) is 26.2 Å². The van der Waals surface area contributed by atoms with Crippen LogP contribution >= 0.6 is 0 Å². The first-order chi connectivity index (χ1) is 13.3. The molecule has 1 aromatic carbocycles. The lowest BCUT2D eigenvalue weighted by atomic mass is 9.85. The summed E-state index contributed by atoms with van der Waals surface area (Å²) in [4.78, 5) is 23.8. The van der Waals surface area contributed by atoms with Crippen LogP contribution in [0.4, 0.5) is 11.5 Å². The predicted molar refractivity (Wildman–Crippen MR) is 108 cm³/mol. The third-order valence-electron chi connectivity index (χ3n) is 4.14. The van der Waals surface area contributed by atoms with E-state index in [1.807, 2.05) is 45.0 Å². The number of aliphatic imine (C=N–C) groups is 1. The van der Waals surface area contributed by atoms with Crippen molar-refractivity contribution in [3.63, 3.8) is 0 Å². The zero-order chi connectivity index (χ0) is 20.3. The van der Waals surface area contributed by atoms with Crippen LogP contribution in [0.15, 0.2) is 59.7 Å². The average Bonchev–Trinajstić information content (AvgIpc) is 2.67. The van der Waals surface area contributed by atoms with E-state index in [-0.39, 0.29) is 17.0 Å². The van der Waals surface area contributed by atoms with Crippen molar-refractivity contribution < 1.29 is 10.0 Å². The number of aromatic nitrogens is 2. The maximum Gasteiger partial charge on any atom is 0.270 e. The quantitative estimate of drug-likeness (QED) is 0.400. The molecular weight excluding hydrogens is 356 g/mol. The fourth-order valence-electron chi connectivity index (χ4n) is 2.70. The van der Waals surface area contributed by atoms with E-state index < -0.39 is 10.3 Å². The van der Waals surface area contributed by atoms with Crippen molar-refractivity contribution in [2.24, 2.45) is 4.99 Å². The molecule has 0 saturated heterocycles. The topological polar surface area (TPSA) is 102 Å². The van der Waals surface area contributed by atoms with Gasteiger partial charge in [-0.25, -0.2) is 9.98 Å². The SMILES string of the molecule is CC(C)(C)c1cc([N+](=O)[O-])cc(/C=N/c2cccc(-c3ccccn3)n2)c1O. The summed E-state index contributed by atoms with van der Waals surface area (Å²) in [5.74, 6) is 0.383. The number of hydrogen-bond acceptors (Lipinski definition) is 6. The van der Waals surface area contributed by atoms with E-state index in [0.717, 1.165) is 0 Å². The van der Waals surface area contributed by atoms with Crippen molar-refractivity contribution in [3.05, 3.63) is 76.0 Å². The molecule has 1 N–H and O–H groups in total. The van der Waals surface area contributed by atoms with Crippen LogP contribution in [-0.2, 0) is 5.41 Å². The molecule has 142 valence electrons. The standard InChI is InChI=1S/C21H20N4O3/c1-21(2,3)16-12-15(25(27)28)11-14(20(16)26)13-23-19-9-6-8-18(24-19)17-7-4-5-10-22-17/h4-13,26H,1-3H3/b23-13+. The predicted octanol–water partition coefficient (Wildman–Crippen LogP) is 4.81. The Morgan fingerprint density at radius 3 is 2.50 bits per heavy atom.